The largest absolute Gasteiger partial charge is 0.432 e. The summed E-state index contributed by atoms with van der Waals surface area (Å²) >= 11 is 0. The van der Waals surface area contributed by atoms with E-state index in [1.54, 1.807) is 16.8 Å². The lowest BCUT2D eigenvalue weighted by Gasteiger charge is -2.30. The Hall–Kier alpha value is -2.85. The number of nitrogens with zero attached hydrogens (tertiary/aromatic N) is 3. The van der Waals surface area contributed by atoms with Crippen molar-refractivity contribution in [1.29, 1.82) is 0 Å². The number of ether oxygens (including phenoxy) is 1. The van der Waals surface area contributed by atoms with Crippen LogP contribution in [0.1, 0.15) is 41.4 Å². The molecule has 2 aromatic carbocycles. The van der Waals surface area contributed by atoms with Crippen LogP contribution in [0.25, 0.3) is 0 Å². The summed E-state index contributed by atoms with van der Waals surface area (Å²) in [6, 6.07) is 17.2. The van der Waals surface area contributed by atoms with Crippen molar-refractivity contribution in [3.8, 4) is 0 Å². The van der Waals surface area contributed by atoms with Gasteiger partial charge in [-0.2, -0.15) is 0 Å². The first kappa shape index (κ1) is 27.2. The zero-order valence-electron chi connectivity index (χ0n) is 21.9. The van der Waals surface area contributed by atoms with Crippen LogP contribution in [0.3, 0.4) is 0 Å². The molecule has 1 aliphatic heterocycles. The molecule has 3 N–H and O–H groups in total. The molecule has 0 spiro atoms. The molecular formula is C28H38N4O4Si. The molecule has 9 heteroatoms. The zero-order valence-corrected chi connectivity index (χ0v) is 22.9. The number of nitrogens with one attached hydrogen (secondary N) is 1. The van der Waals surface area contributed by atoms with Gasteiger partial charge in [0.15, 0.2) is 8.32 Å². The third-order valence-electron chi connectivity index (χ3n) is 7.28. The van der Waals surface area contributed by atoms with Crippen molar-refractivity contribution in [3.05, 3.63) is 77.6 Å². The van der Waals surface area contributed by atoms with E-state index >= 15 is 0 Å². The van der Waals surface area contributed by atoms with Crippen molar-refractivity contribution in [2.24, 2.45) is 5.92 Å². The first-order valence-electron chi connectivity index (χ1n) is 13.1. The van der Waals surface area contributed by atoms with Crippen LogP contribution in [0.4, 0.5) is 5.69 Å². The highest BCUT2D eigenvalue weighted by atomic mass is 28.4. The van der Waals surface area contributed by atoms with Crippen molar-refractivity contribution in [3.63, 3.8) is 0 Å². The Morgan fingerprint density at radius 2 is 1.78 bits per heavy atom. The number of hydrogen-bond acceptors (Lipinski definition) is 6. The standard InChI is InChI=1S/C28H38N4O4Si/c1-20-25(14-11-21-9-12-23(13-10-21)29-28(34)22-7-5-4-6-8-22)36-26(27(20)37(2,3)35)15-17-32-19-24(16-18-33)30-31-32/h4-10,12-13,19-20,25-27,33,35H,11,14-18H2,1-3H3,(H,29,34)/t20-,25+,26-,27+/m0/s1. The number of aromatic nitrogens is 3. The minimum atomic E-state index is -2.44. The number of amides is 1. The Morgan fingerprint density at radius 1 is 1.05 bits per heavy atom. The third kappa shape index (κ3) is 7.13. The minimum Gasteiger partial charge on any atom is -0.432 e. The van der Waals surface area contributed by atoms with Crippen LogP contribution in [-0.2, 0) is 24.1 Å². The van der Waals surface area contributed by atoms with E-state index in [1.807, 2.05) is 49.6 Å². The molecule has 1 saturated heterocycles. The van der Waals surface area contributed by atoms with Crippen molar-refractivity contribution in [1.82, 2.24) is 15.0 Å². The molecule has 3 aromatic rings. The van der Waals surface area contributed by atoms with Gasteiger partial charge in [0.2, 0.25) is 0 Å². The van der Waals surface area contributed by atoms with Crippen LogP contribution < -0.4 is 5.32 Å². The van der Waals surface area contributed by atoms with Crippen LogP contribution in [-0.4, -0.2) is 57.9 Å². The Morgan fingerprint density at radius 3 is 2.46 bits per heavy atom. The van der Waals surface area contributed by atoms with Gasteiger partial charge in [-0.05, 0) is 68.1 Å². The van der Waals surface area contributed by atoms with Gasteiger partial charge in [-0.3, -0.25) is 9.48 Å². The fourth-order valence-electron chi connectivity index (χ4n) is 5.47. The van der Waals surface area contributed by atoms with E-state index in [0.717, 1.165) is 30.6 Å². The van der Waals surface area contributed by atoms with Gasteiger partial charge >= 0.3 is 0 Å². The minimum absolute atomic E-state index is 0.0206. The molecule has 1 amide bonds. The van der Waals surface area contributed by atoms with Crippen LogP contribution in [0.5, 0.6) is 0 Å². The number of carbonyl (C=O) groups excluding carboxylic acids is 1. The van der Waals surface area contributed by atoms with Gasteiger partial charge in [0.25, 0.3) is 5.91 Å². The Bertz CT molecular complexity index is 1150. The number of rotatable bonds is 11. The first-order chi connectivity index (χ1) is 17.7. The highest BCUT2D eigenvalue weighted by Gasteiger charge is 2.49. The maximum atomic E-state index is 12.4. The summed E-state index contributed by atoms with van der Waals surface area (Å²) < 4.78 is 8.35. The second-order valence-electron chi connectivity index (χ2n) is 10.5. The Labute approximate surface area is 219 Å². The highest BCUT2D eigenvalue weighted by Crippen LogP contribution is 2.45. The molecule has 198 valence electrons. The normalized spacial score (nSPS) is 21.8. The van der Waals surface area contributed by atoms with E-state index < -0.39 is 8.32 Å². The summed E-state index contributed by atoms with van der Waals surface area (Å²) in [7, 11) is -2.44. The SMILES string of the molecule is C[C@@H]1[C@@H]([Si](C)(C)O)[C@H](CCn2cc(CCO)nn2)O[C@@H]1CCc1ccc(NC(=O)c2ccccc2)cc1. The van der Waals surface area contributed by atoms with Gasteiger partial charge in [-0.15, -0.1) is 5.10 Å². The van der Waals surface area contributed by atoms with E-state index in [2.05, 4.69) is 34.7 Å². The summed E-state index contributed by atoms with van der Waals surface area (Å²) in [4.78, 5) is 23.5. The summed E-state index contributed by atoms with van der Waals surface area (Å²) in [6.07, 6.45) is 4.92. The molecule has 0 aliphatic carbocycles. The smallest absolute Gasteiger partial charge is 0.255 e. The number of hydrogen-bond donors (Lipinski definition) is 3. The Balaban J connectivity index is 1.33. The highest BCUT2D eigenvalue weighted by molar-refractivity contribution is 6.71. The van der Waals surface area contributed by atoms with Crippen molar-refractivity contribution < 1.29 is 19.4 Å². The zero-order chi connectivity index (χ0) is 26.4. The number of anilines is 1. The van der Waals surface area contributed by atoms with Gasteiger partial charge in [-0.25, -0.2) is 0 Å². The lowest BCUT2D eigenvalue weighted by atomic mass is 9.95. The topological polar surface area (TPSA) is 110 Å². The number of aryl methyl sites for hydroxylation is 2. The molecule has 2 heterocycles. The van der Waals surface area contributed by atoms with Crippen molar-refractivity contribution >= 4 is 19.9 Å². The lowest BCUT2D eigenvalue weighted by molar-refractivity contribution is 0.0245. The maximum absolute atomic E-state index is 12.4. The number of benzene rings is 2. The first-order valence-corrected chi connectivity index (χ1v) is 16.1. The van der Waals surface area contributed by atoms with Crippen LogP contribution in [0.15, 0.2) is 60.8 Å². The molecule has 37 heavy (non-hydrogen) atoms. The van der Waals surface area contributed by atoms with E-state index in [-0.39, 0.29) is 36.2 Å². The molecule has 1 aromatic heterocycles. The molecule has 0 saturated carbocycles. The average molecular weight is 523 g/mol. The molecule has 8 nitrogen and oxygen atoms in total. The molecule has 1 aliphatic rings. The number of aliphatic hydroxyl groups excluding tert-OH is 1. The lowest BCUT2D eigenvalue weighted by Crippen LogP contribution is -2.40. The molecule has 4 rings (SSSR count). The number of carbonyl (C=O) groups is 1. The maximum Gasteiger partial charge on any atom is 0.255 e. The van der Waals surface area contributed by atoms with Crippen LogP contribution in [0, 0.1) is 5.92 Å². The second kappa shape index (κ2) is 12.1. The fourth-order valence-corrected chi connectivity index (χ4v) is 8.13. The predicted molar refractivity (Wildman–Crippen MR) is 146 cm³/mol. The summed E-state index contributed by atoms with van der Waals surface area (Å²) in [6.45, 7) is 6.94. The van der Waals surface area contributed by atoms with Gasteiger partial charge in [0.1, 0.15) is 0 Å². The fraction of sp³-hybridized carbons (Fsp3) is 0.464. The van der Waals surface area contributed by atoms with Crippen LogP contribution >= 0.6 is 0 Å². The average Bonchev–Trinajstić information content (AvgIpc) is 3.46. The van der Waals surface area contributed by atoms with E-state index in [4.69, 9.17) is 9.84 Å². The van der Waals surface area contributed by atoms with Gasteiger partial charge < -0.3 is 20.0 Å². The molecule has 0 bridgehead atoms. The molecule has 0 unspecified atom stereocenters. The van der Waals surface area contributed by atoms with E-state index in [0.29, 0.717) is 18.5 Å². The van der Waals surface area contributed by atoms with Gasteiger partial charge in [-0.1, -0.05) is 42.5 Å². The van der Waals surface area contributed by atoms with Crippen molar-refractivity contribution in [2.75, 3.05) is 11.9 Å². The molecule has 0 radical (unpaired) electrons. The second-order valence-corrected chi connectivity index (χ2v) is 14.5. The summed E-state index contributed by atoms with van der Waals surface area (Å²) in [5.41, 5.74) is 3.51. The van der Waals surface area contributed by atoms with E-state index in [9.17, 15) is 9.59 Å². The third-order valence-corrected chi connectivity index (χ3v) is 9.81. The van der Waals surface area contributed by atoms with Gasteiger partial charge in [0.05, 0.1) is 17.9 Å². The van der Waals surface area contributed by atoms with Gasteiger partial charge in [0, 0.05) is 42.6 Å². The van der Waals surface area contributed by atoms with Crippen molar-refractivity contribution in [2.45, 2.75) is 70.0 Å². The van der Waals surface area contributed by atoms with E-state index in [1.165, 1.54) is 5.56 Å². The molecular weight excluding hydrogens is 484 g/mol. The Kier molecular flexibility index (Phi) is 8.91. The van der Waals surface area contributed by atoms with Crippen LogP contribution in [0.2, 0.25) is 18.6 Å². The molecule has 4 atom stereocenters. The predicted octanol–water partition coefficient (Wildman–Crippen LogP) is 4.06. The summed E-state index contributed by atoms with van der Waals surface area (Å²) in [5, 5.41) is 20.3. The quantitative estimate of drug-likeness (QED) is 0.328. The number of aliphatic hydroxyl groups is 1. The summed E-state index contributed by atoms with van der Waals surface area (Å²) in [5.74, 6) is 0.145. The monoisotopic (exact) mass is 522 g/mol. The molecule has 1 fully saturated rings.